The maximum atomic E-state index is 11.9. The Bertz CT molecular complexity index is 644. The van der Waals surface area contributed by atoms with Crippen molar-refractivity contribution in [2.24, 2.45) is 11.8 Å². The highest BCUT2D eigenvalue weighted by atomic mass is 16.5. The highest BCUT2D eigenvalue weighted by molar-refractivity contribution is 5.97. The SMILES string of the molecule is Cc1cccc(C(=O)OCC(=O)NC(=O)N[C@@H]2CCC[C@@H](C)[C@H]2C)c1. The van der Waals surface area contributed by atoms with Gasteiger partial charge in [0.05, 0.1) is 5.56 Å². The van der Waals surface area contributed by atoms with Crippen molar-refractivity contribution < 1.29 is 19.1 Å². The molecule has 0 radical (unpaired) electrons. The fraction of sp³-hybridized carbons (Fsp3) is 0.526. The van der Waals surface area contributed by atoms with Gasteiger partial charge in [-0.15, -0.1) is 0 Å². The molecule has 25 heavy (non-hydrogen) atoms. The van der Waals surface area contributed by atoms with Crippen LogP contribution in [0.3, 0.4) is 0 Å². The van der Waals surface area contributed by atoms with Gasteiger partial charge >= 0.3 is 12.0 Å². The van der Waals surface area contributed by atoms with Crippen molar-refractivity contribution in [2.75, 3.05) is 6.61 Å². The van der Waals surface area contributed by atoms with Gasteiger partial charge in [-0.05, 0) is 37.3 Å². The maximum Gasteiger partial charge on any atom is 0.338 e. The van der Waals surface area contributed by atoms with Gasteiger partial charge in [0.1, 0.15) is 0 Å². The van der Waals surface area contributed by atoms with Crippen LogP contribution in [0.1, 0.15) is 49.0 Å². The van der Waals surface area contributed by atoms with Crippen LogP contribution in [0.4, 0.5) is 4.79 Å². The van der Waals surface area contributed by atoms with Crippen LogP contribution in [0, 0.1) is 18.8 Å². The standard InChI is InChI=1S/C19H26N2O4/c1-12-6-4-8-15(10-12)18(23)25-11-17(22)21-19(24)20-16-9-5-7-13(2)14(16)3/h4,6,8,10,13-14,16H,5,7,9,11H2,1-3H3,(H2,20,21,22,24)/t13-,14-,16-/m1/s1. The molecule has 1 aliphatic carbocycles. The zero-order valence-electron chi connectivity index (χ0n) is 15.0. The number of aryl methyl sites for hydroxylation is 1. The van der Waals surface area contributed by atoms with Gasteiger partial charge in [0.15, 0.2) is 6.61 Å². The van der Waals surface area contributed by atoms with E-state index in [9.17, 15) is 14.4 Å². The van der Waals surface area contributed by atoms with Crippen LogP contribution in [-0.4, -0.2) is 30.6 Å². The van der Waals surface area contributed by atoms with Crippen LogP contribution in [0.5, 0.6) is 0 Å². The Hall–Kier alpha value is -2.37. The Morgan fingerprint density at radius 3 is 2.68 bits per heavy atom. The predicted octanol–water partition coefficient (Wildman–Crippen LogP) is 2.80. The number of nitrogens with one attached hydrogen (secondary N) is 2. The number of benzene rings is 1. The van der Waals surface area contributed by atoms with E-state index in [0.29, 0.717) is 17.4 Å². The van der Waals surface area contributed by atoms with Crippen molar-refractivity contribution in [2.45, 2.75) is 46.1 Å². The van der Waals surface area contributed by atoms with Crippen LogP contribution in [0.2, 0.25) is 0 Å². The van der Waals surface area contributed by atoms with Gasteiger partial charge < -0.3 is 10.1 Å². The Morgan fingerprint density at radius 1 is 1.20 bits per heavy atom. The van der Waals surface area contributed by atoms with E-state index < -0.39 is 24.5 Å². The van der Waals surface area contributed by atoms with Crippen LogP contribution in [0.15, 0.2) is 24.3 Å². The summed E-state index contributed by atoms with van der Waals surface area (Å²) in [6.07, 6.45) is 3.14. The van der Waals surface area contributed by atoms with Crippen LogP contribution >= 0.6 is 0 Å². The number of amides is 3. The molecule has 136 valence electrons. The zero-order valence-corrected chi connectivity index (χ0v) is 15.0. The summed E-state index contributed by atoms with van der Waals surface area (Å²) >= 11 is 0. The summed E-state index contributed by atoms with van der Waals surface area (Å²) in [4.78, 5) is 35.6. The van der Waals surface area contributed by atoms with Gasteiger partial charge in [-0.3, -0.25) is 10.1 Å². The number of esters is 1. The van der Waals surface area contributed by atoms with Crippen LogP contribution in [-0.2, 0) is 9.53 Å². The monoisotopic (exact) mass is 346 g/mol. The lowest BCUT2D eigenvalue weighted by Crippen LogP contribution is -2.49. The quantitative estimate of drug-likeness (QED) is 0.821. The average molecular weight is 346 g/mol. The Kier molecular flexibility index (Phi) is 6.56. The summed E-state index contributed by atoms with van der Waals surface area (Å²) in [6, 6.07) is 6.42. The molecule has 2 N–H and O–H groups in total. The number of carbonyl (C=O) groups excluding carboxylic acids is 3. The van der Waals surface area contributed by atoms with E-state index in [1.807, 2.05) is 13.0 Å². The number of hydrogen-bond acceptors (Lipinski definition) is 4. The van der Waals surface area contributed by atoms with Gasteiger partial charge in [0.25, 0.3) is 5.91 Å². The predicted molar refractivity (Wildman–Crippen MR) is 94.1 cm³/mol. The van der Waals surface area contributed by atoms with Gasteiger partial charge in [0.2, 0.25) is 0 Å². The van der Waals surface area contributed by atoms with Crippen molar-refractivity contribution in [3.05, 3.63) is 35.4 Å². The van der Waals surface area contributed by atoms with Gasteiger partial charge in [-0.2, -0.15) is 0 Å². The minimum Gasteiger partial charge on any atom is -0.452 e. The zero-order chi connectivity index (χ0) is 18.4. The third kappa shape index (κ3) is 5.59. The Morgan fingerprint density at radius 2 is 1.96 bits per heavy atom. The molecule has 3 amide bonds. The number of imide groups is 1. The molecule has 1 aromatic rings. The molecule has 0 heterocycles. The Labute approximate surface area is 148 Å². The number of rotatable bonds is 4. The highest BCUT2D eigenvalue weighted by Gasteiger charge is 2.28. The fourth-order valence-corrected chi connectivity index (χ4v) is 3.14. The van der Waals surface area contributed by atoms with Crippen LogP contribution < -0.4 is 10.6 Å². The number of carbonyl (C=O) groups is 3. The van der Waals surface area contributed by atoms with Gasteiger partial charge in [0, 0.05) is 6.04 Å². The average Bonchev–Trinajstić information content (AvgIpc) is 2.56. The molecule has 0 unspecified atom stereocenters. The molecular formula is C19H26N2O4. The largest absolute Gasteiger partial charge is 0.452 e. The maximum absolute atomic E-state index is 11.9. The molecule has 2 rings (SSSR count). The molecule has 6 nitrogen and oxygen atoms in total. The van der Waals surface area contributed by atoms with Crippen molar-refractivity contribution in [1.29, 1.82) is 0 Å². The molecule has 6 heteroatoms. The summed E-state index contributed by atoms with van der Waals surface area (Å²) in [6.45, 7) is 5.66. The molecule has 1 aromatic carbocycles. The lowest BCUT2D eigenvalue weighted by molar-refractivity contribution is -0.123. The molecular weight excluding hydrogens is 320 g/mol. The van der Waals surface area contributed by atoms with E-state index in [4.69, 9.17) is 4.74 Å². The molecule has 0 aromatic heterocycles. The summed E-state index contributed by atoms with van der Waals surface area (Å²) in [7, 11) is 0. The number of urea groups is 1. The lowest BCUT2D eigenvalue weighted by atomic mass is 9.78. The van der Waals surface area contributed by atoms with E-state index >= 15 is 0 Å². The number of ether oxygens (including phenoxy) is 1. The van der Waals surface area contributed by atoms with E-state index in [1.165, 1.54) is 0 Å². The van der Waals surface area contributed by atoms with E-state index in [-0.39, 0.29) is 6.04 Å². The molecule has 1 aliphatic rings. The number of hydrogen-bond donors (Lipinski definition) is 2. The molecule has 0 saturated heterocycles. The first-order valence-corrected chi connectivity index (χ1v) is 8.71. The lowest BCUT2D eigenvalue weighted by Gasteiger charge is -2.34. The Balaban J connectivity index is 1.76. The second-order valence-electron chi connectivity index (χ2n) is 6.84. The summed E-state index contributed by atoms with van der Waals surface area (Å²) in [5.41, 5.74) is 1.30. The molecule has 1 saturated carbocycles. The molecule has 0 spiro atoms. The normalized spacial score (nSPS) is 22.8. The van der Waals surface area contributed by atoms with E-state index in [2.05, 4.69) is 24.5 Å². The topological polar surface area (TPSA) is 84.5 Å². The summed E-state index contributed by atoms with van der Waals surface area (Å²) in [5, 5.41) is 5.06. The minimum absolute atomic E-state index is 0.0615. The van der Waals surface area contributed by atoms with Crippen LogP contribution in [0.25, 0.3) is 0 Å². The first kappa shape index (κ1) is 19.0. The fourth-order valence-electron chi connectivity index (χ4n) is 3.14. The van der Waals surface area contributed by atoms with Gasteiger partial charge in [-0.25, -0.2) is 9.59 Å². The first-order chi connectivity index (χ1) is 11.9. The molecule has 1 fully saturated rings. The minimum atomic E-state index is -0.644. The first-order valence-electron chi connectivity index (χ1n) is 8.71. The smallest absolute Gasteiger partial charge is 0.338 e. The van der Waals surface area contributed by atoms with Crippen molar-refractivity contribution in [1.82, 2.24) is 10.6 Å². The summed E-state index contributed by atoms with van der Waals surface area (Å²) < 4.78 is 4.94. The highest BCUT2D eigenvalue weighted by Crippen LogP contribution is 2.29. The molecule has 0 bridgehead atoms. The molecule has 0 aliphatic heterocycles. The third-order valence-electron chi connectivity index (χ3n) is 4.86. The second-order valence-corrected chi connectivity index (χ2v) is 6.84. The van der Waals surface area contributed by atoms with Crippen molar-refractivity contribution >= 4 is 17.9 Å². The van der Waals surface area contributed by atoms with E-state index in [1.54, 1.807) is 18.2 Å². The second kappa shape index (κ2) is 8.65. The molecule has 3 atom stereocenters. The van der Waals surface area contributed by atoms with Gasteiger partial charge in [-0.1, -0.05) is 44.4 Å². The van der Waals surface area contributed by atoms with E-state index in [0.717, 1.165) is 24.8 Å². The van der Waals surface area contributed by atoms with Crippen molar-refractivity contribution in [3.63, 3.8) is 0 Å². The summed E-state index contributed by atoms with van der Waals surface area (Å²) in [5.74, 6) is -0.317. The third-order valence-corrected chi connectivity index (χ3v) is 4.86. The van der Waals surface area contributed by atoms with Crippen molar-refractivity contribution in [3.8, 4) is 0 Å².